The number of amides is 2. The molecule has 5 heteroatoms. The van der Waals surface area contributed by atoms with Gasteiger partial charge in [-0.15, -0.1) is 0 Å². The summed E-state index contributed by atoms with van der Waals surface area (Å²) in [5.74, 6) is 0.254. The van der Waals surface area contributed by atoms with Gasteiger partial charge in [-0.1, -0.05) is 35.9 Å². The number of benzene rings is 2. The molecule has 2 rings (SSSR count). The van der Waals surface area contributed by atoms with Crippen LogP contribution in [0.4, 0.5) is 0 Å². The number of aryl methyl sites for hydroxylation is 3. The number of likely N-dealkylation sites (N-methyl/N-ethyl adjacent to an activating group) is 1. The normalized spacial score (nSPS) is 11.6. The van der Waals surface area contributed by atoms with Crippen LogP contribution >= 0.6 is 0 Å². The van der Waals surface area contributed by atoms with Gasteiger partial charge in [0.15, 0.2) is 6.61 Å². The van der Waals surface area contributed by atoms with Crippen LogP contribution in [0, 0.1) is 20.8 Å². The minimum atomic E-state index is -0.586. The van der Waals surface area contributed by atoms with E-state index in [0.29, 0.717) is 18.8 Å². The molecule has 5 nitrogen and oxygen atoms in total. The molecule has 28 heavy (non-hydrogen) atoms. The van der Waals surface area contributed by atoms with E-state index in [4.69, 9.17) is 4.74 Å². The van der Waals surface area contributed by atoms with E-state index < -0.39 is 6.04 Å². The first-order valence-corrected chi connectivity index (χ1v) is 9.64. The first-order valence-electron chi connectivity index (χ1n) is 9.64. The summed E-state index contributed by atoms with van der Waals surface area (Å²) in [6.45, 7) is 10.4. The summed E-state index contributed by atoms with van der Waals surface area (Å²) < 4.78 is 5.71. The van der Waals surface area contributed by atoms with Crippen molar-refractivity contribution in [1.82, 2.24) is 10.2 Å². The number of ether oxygens (including phenoxy) is 1. The molecule has 2 aromatic carbocycles. The minimum Gasteiger partial charge on any atom is -0.484 e. The van der Waals surface area contributed by atoms with Crippen LogP contribution in [0.2, 0.25) is 0 Å². The number of hydrogen-bond donors (Lipinski definition) is 1. The third kappa shape index (κ3) is 5.84. The van der Waals surface area contributed by atoms with E-state index in [-0.39, 0.29) is 18.4 Å². The van der Waals surface area contributed by atoms with Crippen LogP contribution in [0.15, 0.2) is 42.5 Å². The molecule has 0 aliphatic rings. The van der Waals surface area contributed by atoms with Crippen molar-refractivity contribution in [3.05, 3.63) is 64.7 Å². The Bertz CT molecular complexity index is 815. The fraction of sp³-hybridized carbons (Fsp3) is 0.391. The van der Waals surface area contributed by atoms with Crippen LogP contribution in [-0.2, 0) is 16.1 Å². The fourth-order valence-corrected chi connectivity index (χ4v) is 2.83. The molecule has 0 saturated heterocycles. The summed E-state index contributed by atoms with van der Waals surface area (Å²) in [5.41, 5.74) is 4.40. The van der Waals surface area contributed by atoms with Gasteiger partial charge in [0.05, 0.1) is 0 Å². The Morgan fingerprint density at radius 1 is 1.04 bits per heavy atom. The maximum Gasteiger partial charge on any atom is 0.261 e. The van der Waals surface area contributed by atoms with Crippen LogP contribution in [0.1, 0.15) is 36.1 Å². The summed E-state index contributed by atoms with van der Waals surface area (Å²) >= 11 is 0. The molecule has 0 fully saturated rings. The van der Waals surface area contributed by atoms with Crippen molar-refractivity contribution in [2.24, 2.45) is 0 Å². The second-order valence-corrected chi connectivity index (χ2v) is 7.11. The number of carbonyl (C=O) groups is 2. The van der Waals surface area contributed by atoms with Crippen molar-refractivity contribution in [3.63, 3.8) is 0 Å². The second-order valence-electron chi connectivity index (χ2n) is 7.11. The summed E-state index contributed by atoms with van der Waals surface area (Å²) in [4.78, 5) is 26.8. The lowest BCUT2D eigenvalue weighted by atomic mass is 10.1. The van der Waals surface area contributed by atoms with E-state index in [1.165, 1.54) is 5.56 Å². The van der Waals surface area contributed by atoms with E-state index in [1.807, 2.05) is 70.2 Å². The highest BCUT2D eigenvalue weighted by Crippen LogP contribution is 2.17. The van der Waals surface area contributed by atoms with Gasteiger partial charge in [-0.05, 0) is 63.4 Å². The molecule has 2 aromatic rings. The van der Waals surface area contributed by atoms with E-state index in [0.717, 1.165) is 16.7 Å². The number of carbonyl (C=O) groups excluding carboxylic acids is 2. The Morgan fingerprint density at radius 2 is 1.71 bits per heavy atom. The fourth-order valence-electron chi connectivity index (χ4n) is 2.83. The average molecular weight is 383 g/mol. The van der Waals surface area contributed by atoms with Crippen LogP contribution in [0.5, 0.6) is 5.75 Å². The highest BCUT2D eigenvalue weighted by atomic mass is 16.5. The molecule has 0 saturated carbocycles. The molecule has 2 amide bonds. The van der Waals surface area contributed by atoms with Gasteiger partial charge in [0, 0.05) is 13.1 Å². The maximum absolute atomic E-state index is 12.9. The predicted molar refractivity (Wildman–Crippen MR) is 111 cm³/mol. The second kappa shape index (κ2) is 9.93. The molecule has 0 heterocycles. The molecular weight excluding hydrogens is 352 g/mol. The first-order chi connectivity index (χ1) is 13.3. The Morgan fingerprint density at radius 3 is 2.32 bits per heavy atom. The smallest absolute Gasteiger partial charge is 0.261 e. The number of rotatable bonds is 8. The van der Waals surface area contributed by atoms with Gasteiger partial charge in [0.25, 0.3) is 5.91 Å². The number of nitrogens with one attached hydrogen (secondary N) is 1. The standard InChI is InChI=1S/C23H30N2O3/c1-6-24-23(27)19(5)25(14-20-10-7-16(2)8-11-20)22(26)15-28-21-12-9-17(3)18(4)13-21/h7-13,19H,6,14-15H2,1-5H3,(H,24,27). The summed E-state index contributed by atoms with van der Waals surface area (Å²) in [5, 5.41) is 2.79. The van der Waals surface area contributed by atoms with Crippen molar-refractivity contribution in [2.75, 3.05) is 13.2 Å². The van der Waals surface area contributed by atoms with Crippen LogP contribution in [0.3, 0.4) is 0 Å². The Balaban J connectivity index is 2.13. The van der Waals surface area contributed by atoms with Gasteiger partial charge in [0.2, 0.25) is 5.91 Å². The molecule has 1 atom stereocenters. The van der Waals surface area contributed by atoms with Gasteiger partial charge in [0.1, 0.15) is 11.8 Å². The molecule has 0 bridgehead atoms. The van der Waals surface area contributed by atoms with E-state index >= 15 is 0 Å². The maximum atomic E-state index is 12.9. The van der Waals surface area contributed by atoms with E-state index in [9.17, 15) is 9.59 Å². The summed E-state index contributed by atoms with van der Waals surface area (Å²) in [7, 11) is 0. The zero-order valence-corrected chi connectivity index (χ0v) is 17.4. The quantitative estimate of drug-likeness (QED) is 0.760. The van der Waals surface area contributed by atoms with Crippen molar-refractivity contribution < 1.29 is 14.3 Å². The van der Waals surface area contributed by atoms with E-state index in [1.54, 1.807) is 11.8 Å². The van der Waals surface area contributed by atoms with Gasteiger partial charge in [-0.25, -0.2) is 0 Å². The van der Waals surface area contributed by atoms with Crippen molar-refractivity contribution in [1.29, 1.82) is 0 Å². The lowest BCUT2D eigenvalue weighted by molar-refractivity contribution is -0.142. The van der Waals surface area contributed by atoms with Gasteiger partial charge in [-0.2, -0.15) is 0 Å². The zero-order valence-electron chi connectivity index (χ0n) is 17.4. The molecule has 0 radical (unpaired) electrons. The largest absolute Gasteiger partial charge is 0.484 e. The van der Waals surface area contributed by atoms with Gasteiger partial charge < -0.3 is 15.0 Å². The first kappa shape index (κ1) is 21.5. The Kier molecular flexibility index (Phi) is 7.61. The summed E-state index contributed by atoms with van der Waals surface area (Å²) in [6.07, 6.45) is 0. The zero-order chi connectivity index (χ0) is 20.7. The topological polar surface area (TPSA) is 58.6 Å². The molecule has 1 N–H and O–H groups in total. The predicted octanol–water partition coefficient (Wildman–Crippen LogP) is 3.54. The van der Waals surface area contributed by atoms with Crippen molar-refractivity contribution >= 4 is 11.8 Å². The molecular formula is C23H30N2O3. The van der Waals surface area contributed by atoms with Gasteiger partial charge in [-0.3, -0.25) is 9.59 Å². The highest BCUT2D eigenvalue weighted by Gasteiger charge is 2.26. The summed E-state index contributed by atoms with van der Waals surface area (Å²) in [6, 6.07) is 13.1. The molecule has 0 aromatic heterocycles. The molecule has 150 valence electrons. The number of nitrogens with zero attached hydrogens (tertiary/aromatic N) is 1. The molecule has 1 unspecified atom stereocenters. The molecule has 0 aliphatic carbocycles. The number of hydrogen-bond acceptors (Lipinski definition) is 3. The van der Waals surface area contributed by atoms with Crippen molar-refractivity contribution in [2.45, 2.75) is 47.2 Å². The van der Waals surface area contributed by atoms with Crippen molar-refractivity contribution in [3.8, 4) is 5.75 Å². The van der Waals surface area contributed by atoms with E-state index in [2.05, 4.69) is 5.32 Å². The highest BCUT2D eigenvalue weighted by molar-refractivity contribution is 5.87. The average Bonchev–Trinajstić information content (AvgIpc) is 2.68. The lowest BCUT2D eigenvalue weighted by Crippen LogP contribution is -2.49. The third-order valence-electron chi connectivity index (χ3n) is 4.83. The molecule has 0 spiro atoms. The lowest BCUT2D eigenvalue weighted by Gasteiger charge is -2.28. The monoisotopic (exact) mass is 382 g/mol. The van der Waals surface area contributed by atoms with Gasteiger partial charge >= 0.3 is 0 Å². The Labute approximate surface area is 167 Å². The van der Waals surface area contributed by atoms with Crippen LogP contribution < -0.4 is 10.1 Å². The molecule has 0 aliphatic heterocycles. The minimum absolute atomic E-state index is 0.113. The third-order valence-corrected chi connectivity index (χ3v) is 4.83. The van der Waals surface area contributed by atoms with Crippen LogP contribution in [-0.4, -0.2) is 35.9 Å². The SMILES string of the molecule is CCNC(=O)C(C)N(Cc1ccc(C)cc1)C(=O)COc1ccc(C)c(C)c1. The Hall–Kier alpha value is -2.82. The van der Waals surface area contributed by atoms with Crippen LogP contribution in [0.25, 0.3) is 0 Å².